The molecule has 1 aromatic carbocycles. The van der Waals surface area contributed by atoms with Gasteiger partial charge in [0.25, 0.3) is 0 Å². The fourth-order valence-electron chi connectivity index (χ4n) is 2.62. The molecule has 2 aromatic rings. The Morgan fingerprint density at radius 2 is 1.82 bits per heavy atom. The second kappa shape index (κ2) is 6.76. The van der Waals surface area contributed by atoms with Gasteiger partial charge in [-0.05, 0) is 18.6 Å². The number of hydrogen-bond donors (Lipinski definition) is 0. The van der Waals surface area contributed by atoms with Gasteiger partial charge in [-0.3, -0.25) is 4.98 Å². The van der Waals surface area contributed by atoms with Gasteiger partial charge >= 0.3 is 0 Å². The zero-order chi connectivity index (χ0) is 15.5. The van der Waals surface area contributed by atoms with Crippen molar-refractivity contribution >= 4 is 34.1 Å². The first-order valence-electron chi connectivity index (χ1n) is 7.59. The van der Waals surface area contributed by atoms with E-state index in [1.807, 2.05) is 18.2 Å². The van der Waals surface area contributed by atoms with Crippen LogP contribution in [-0.2, 0) is 6.54 Å². The monoisotopic (exact) mass is 335 g/mol. The molecule has 0 bridgehead atoms. The minimum absolute atomic E-state index is 0.618. The SMILES string of the molecule is CCCCN1CN(Cc2ccc3ccccc3n2)C(Cl)=C1Cl. The van der Waals surface area contributed by atoms with E-state index in [4.69, 9.17) is 28.2 Å². The number of nitrogens with zero attached hydrogens (tertiary/aromatic N) is 3. The summed E-state index contributed by atoms with van der Waals surface area (Å²) in [6.07, 6.45) is 2.26. The van der Waals surface area contributed by atoms with Gasteiger partial charge in [0.05, 0.1) is 24.4 Å². The van der Waals surface area contributed by atoms with Crippen LogP contribution >= 0.6 is 23.2 Å². The van der Waals surface area contributed by atoms with E-state index < -0.39 is 0 Å². The fraction of sp³-hybridized carbons (Fsp3) is 0.353. The van der Waals surface area contributed by atoms with E-state index in [9.17, 15) is 0 Å². The number of unbranched alkanes of at least 4 members (excludes halogenated alkanes) is 1. The van der Waals surface area contributed by atoms with Crippen molar-refractivity contribution in [3.8, 4) is 0 Å². The minimum atomic E-state index is 0.618. The van der Waals surface area contributed by atoms with Crippen molar-refractivity contribution in [1.82, 2.24) is 14.8 Å². The highest BCUT2D eigenvalue weighted by atomic mass is 35.5. The lowest BCUT2D eigenvalue weighted by Gasteiger charge is -2.22. The van der Waals surface area contributed by atoms with Gasteiger partial charge < -0.3 is 9.80 Å². The van der Waals surface area contributed by atoms with Crippen LogP contribution in [0.5, 0.6) is 0 Å². The Bertz CT molecular complexity index is 699. The maximum Gasteiger partial charge on any atom is 0.142 e. The van der Waals surface area contributed by atoms with Crippen molar-refractivity contribution in [1.29, 1.82) is 0 Å². The van der Waals surface area contributed by atoms with Crippen molar-refractivity contribution in [2.24, 2.45) is 0 Å². The van der Waals surface area contributed by atoms with Gasteiger partial charge in [-0.15, -0.1) is 0 Å². The van der Waals surface area contributed by atoms with Crippen molar-refractivity contribution < 1.29 is 0 Å². The fourth-order valence-corrected chi connectivity index (χ4v) is 3.11. The first-order valence-corrected chi connectivity index (χ1v) is 8.34. The van der Waals surface area contributed by atoms with Crippen LogP contribution < -0.4 is 0 Å². The first-order chi connectivity index (χ1) is 10.7. The molecule has 0 radical (unpaired) electrons. The number of hydrogen-bond acceptors (Lipinski definition) is 3. The molecule has 3 rings (SSSR count). The van der Waals surface area contributed by atoms with Gasteiger partial charge in [-0.1, -0.05) is 60.8 Å². The zero-order valence-electron chi connectivity index (χ0n) is 12.6. The number of benzene rings is 1. The molecule has 1 aromatic heterocycles. The predicted octanol–water partition coefficient (Wildman–Crippen LogP) is 4.71. The number of pyridine rings is 1. The average Bonchev–Trinajstić information content (AvgIpc) is 2.81. The molecule has 3 nitrogen and oxygen atoms in total. The second-order valence-corrected chi connectivity index (χ2v) is 6.25. The molecule has 2 heterocycles. The molecule has 0 saturated carbocycles. The predicted molar refractivity (Wildman–Crippen MR) is 92.5 cm³/mol. The highest BCUT2D eigenvalue weighted by Crippen LogP contribution is 2.31. The van der Waals surface area contributed by atoms with Crippen LogP contribution in [0.25, 0.3) is 10.9 Å². The molecule has 1 aliphatic rings. The van der Waals surface area contributed by atoms with Crippen molar-refractivity contribution in [2.45, 2.75) is 26.3 Å². The summed E-state index contributed by atoms with van der Waals surface area (Å²) in [6, 6.07) is 12.3. The van der Waals surface area contributed by atoms with Gasteiger partial charge in [0, 0.05) is 11.9 Å². The minimum Gasteiger partial charge on any atom is -0.342 e. The Hall–Kier alpha value is -1.45. The summed E-state index contributed by atoms with van der Waals surface area (Å²) in [6.45, 7) is 4.51. The number of aromatic nitrogens is 1. The van der Waals surface area contributed by atoms with E-state index in [-0.39, 0.29) is 0 Å². The van der Waals surface area contributed by atoms with E-state index in [1.165, 1.54) is 0 Å². The van der Waals surface area contributed by atoms with E-state index in [0.717, 1.165) is 42.7 Å². The van der Waals surface area contributed by atoms with Crippen molar-refractivity contribution in [3.63, 3.8) is 0 Å². The Kier molecular flexibility index (Phi) is 4.74. The highest BCUT2D eigenvalue weighted by molar-refractivity contribution is 6.38. The smallest absolute Gasteiger partial charge is 0.142 e. The normalized spacial score (nSPS) is 15.2. The third-order valence-corrected chi connectivity index (χ3v) is 4.79. The summed E-state index contributed by atoms with van der Waals surface area (Å²) in [5.41, 5.74) is 2.01. The number of para-hydroxylation sites is 1. The van der Waals surface area contributed by atoms with E-state index >= 15 is 0 Å². The maximum atomic E-state index is 6.37. The molecular weight excluding hydrogens is 317 g/mol. The van der Waals surface area contributed by atoms with Gasteiger partial charge in [-0.2, -0.15) is 0 Å². The summed E-state index contributed by atoms with van der Waals surface area (Å²) >= 11 is 12.7. The molecule has 116 valence electrons. The van der Waals surface area contributed by atoms with Crippen LogP contribution in [0.3, 0.4) is 0 Å². The van der Waals surface area contributed by atoms with E-state index in [2.05, 4.69) is 34.9 Å². The molecule has 0 amide bonds. The molecule has 0 saturated heterocycles. The molecular formula is C17H19Cl2N3. The molecule has 0 N–H and O–H groups in total. The molecule has 5 heteroatoms. The Morgan fingerprint density at radius 1 is 1.05 bits per heavy atom. The van der Waals surface area contributed by atoms with Gasteiger partial charge in [-0.25, -0.2) is 0 Å². The van der Waals surface area contributed by atoms with Gasteiger partial charge in [0.1, 0.15) is 10.3 Å². The third-order valence-electron chi connectivity index (χ3n) is 3.86. The number of halogens is 2. The summed E-state index contributed by atoms with van der Waals surface area (Å²) in [5.74, 6) is 0. The van der Waals surface area contributed by atoms with Crippen LogP contribution in [0.2, 0.25) is 0 Å². The molecule has 1 aliphatic heterocycles. The Labute approximate surface area is 141 Å². The van der Waals surface area contributed by atoms with Crippen molar-refractivity contribution in [2.75, 3.05) is 13.2 Å². The highest BCUT2D eigenvalue weighted by Gasteiger charge is 2.26. The van der Waals surface area contributed by atoms with Crippen LogP contribution in [0.4, 0.5) is 0 Å². The molecule has 0 spiro atoms. The first kappa shape index (κ1) is 15.4. The molecule has 0 aliphatic carbocycles. The molecule has 0 fully saturated rings. The lowest BCUT2D eigenvalue weighted by Crippen LogP contribution is -2.27. The molecule has 22 heavy (non-hydrogen) atoms. The summed E-state index contributed by atoms with van der Waals surface area (Å²) in [7, 11) is 0. The second-order valence-electron chi connectivity index (χ2n) is 5.53. The zero-order valence-corrected chi connectivity index (χ0v) is 14.1. The van der Waals surface area contributed by atoms with Crippen LogP contribution in [0.1, 0.15) is 25.5 Å². The standard InChI is InChI=1S/C17H19Cl2N3/c1-2-3-10-21-12-22(17(19)16(21)18)11-14-9-8-13-6-4-5-7-15(13)20-14/h4-9H,2-3,10-12H2,1H3. The van der Waals surface area contributed by atoms with E-state index in [1.54, 1.807) is 0 Å². The summed E-state index contributed by atoms with van der Waals surface area (Å²) in [4.78, 5) is 8.89. The quantitative estimate of drug-likeness (QED) is 0.737. The lowest BCUT2D eigenvalue weighted by molar-refractivity contribution is 0.249. The summed E-state index contributed by atoms with van der Waals surface area (Å²) in [5, 5.41) is 2.42. The Balaban J connectivity index is 1.75. The van der Waals surface area contributed by atoms with Crippen LogP contribution in [-0.4, -0.2) is 28.0 Å². The number of rotatable bonds is 5. The largest absolute Gasteiger partial charge is 0.342 e. The number of fused-ring (bicyclic) bond motifs is 1. The maximum absolute atomic E-state index is 6.37. The van der Waals surface area contributed by atoms with E-state index in [0.29, 0.717) is 16.9 Å². The van der Waals surface area contributed by atoms with Crippen LogP contribution in [0, 0.1) is 0 Å². The van der Waals surface area contributed by atoms with Crippen molar-refractivity contribution in [3.05, 3.63) is 52.4 Å². The van der Waals surface area contributed by atoms with Gasteiger partial charge in [0.15, 0.2) is 0 Å². The average molecular weight is 336 g/mol. The molecule has 0 atom stereocenters. The van der Waals surface area contributed by atoms with Gasteiger partial charge in [0.2, 0.25) is 0 Å². The third kappa shape index (κ3) is 3.16. The Morgan fingerprint density at radius 3 is 2.64 bits per heavy atom. The molecule has 0 unspecified atom stereocenters. The topological polar surface area (TPSA) is 19.4 Å². The van der Waals surface area contributed by atoms with Crippen LogP contribution in [0.15, 0.2) is 46.7 Å². The summed E-state index contributed by atoms with van der Waals surface area (Å²) < 4.78 is 0. The lowest BCUT2D eigenvalue weighted by atomic mass is 10.2.